The molecular weight excluding hydrogens is 323 g/mol. The second-order valence-electron chi connectivity index (χ2n) is 6.41. The lowest BCUT2D eigenvalue weighted by molar-refractivity contribution is 0.204. The second-order valence-corrected chi connectivity index (χ2v) is 6.41. The molecule has 1 aliphatic carbocycles. The average molecular weight is 346 g/mol. The number of halogens is 1. The number of aromatic nitrogens is 2. The van der Waals surface area contributed by atoms with Crippen molar-refractivity contribution in [3.05, 3.63) is 42.0 Å². The SMILES string of the molecule is Cc1cnn(-c2ccc(NC(=O)N(CCCCO)C3CC3)cc2F)c1. The van der Waals surface area contributed by atoms with Gasteiger partial charge in [-0.2, -0.15) is 5.10 Å². The number of hydrogen-bond donors (Lipinski definition) is 2. The molecule has 134 valence electrons. The van der Waals surface area contributed by atoms with Gasteiger partial charge in [0.05, 0.1) is 6.20 Å². The van der Waals surface area contributed by atoms with Crippen molar-refractivity contribution in [1.82, 2.24) is 14.7 Å². The van der Waals surface area contributed by atoms with Crippen LogP contribution in [0.15, 0.2) is 30.6 Å². The molecule has 0 saturated heterocycles. The molecule has 0 atom stereocenters. The van der Waals surface area contributed by atoms with E-state index in [4.69, 9.17) is 5.11 Å². The highest BCUT2D eigenvalue weighted by Crippen LogP contribution is 2.28. The van der Waals surface area contributed by atoms with Crippen LogP contribution in [-0.4, -0.2) is 45.0 Å². The molecule has 2 aromatic rings. The number of carbonyl (C=O) groups is 1. The van der Waals surface area contributed by atoms with Crippen molar-refractivity contribution in [2.24, 2.45) is 0 Å². The molecule has 1 fully saturated rings. The Bertz CT molecular complexity index is 742. The number of unbranched alkanes of at least 4 members (excludes halogenated alkanes) is 1. The van der Waals surface area contributed by atoms with Gasteiger partial charge in [0.25, 0.3) is 0 Å². The zero-order valence-electron chi connectivity index (χ0n) is 14.3. The molecule has 1 aromatic carbocycles. The maximum atomic E-state index is 14.4. The molecule has 1 aliphatic rings. The zero-order chi connectivity index (χ0) is 17.8. The highest BCUT2D eigenvalue weighted by atomic mass is 19.1. The number of carbonyl (C=O) groups excluding carboxylic acids is 1. The molecule has 0 unspecified atom stereocenters. The topological polar surface area (TPSA) is 70.4 Å². The molecule has 1 saturated carbocycles. The van der Waals surface area contributed by atoms with E-state index >= 15 is 0 Å². The van der Waals surface area contributed by atoms with Gasteiger partial charge in [0.15, 0.2) is 5.82 Å². The molecule has 0 bridgehead atoms. The van der Waals surface area contributed by atoms with Gasteiger partial charge in [0.2, 0.25) is 0 Å². The molecule has 6 nitrogen and oxygen atoms in total. The van der Waals surface area contributed by atoms with E-state index < -0.39 is 5.82 Å². The van der Waals surface area contributed by atoms with Crippen LogP contribution < -0.4 is 5.32 Å². The molecule has 2 amide bonds. The molecule has 3 rings (SSSR count). The first-order valence-corrected chi connectivity index (χ1v) is 8.58. The molecular formula is C18H23FN4O2. The summed E-state index contributed by atoms with van der Waals surface area (Å²) in [7, 11) is 0. The molecule has 0 aliphatic heterocycles. The van der Waals surface area contributed by atoms with Crippen molar-refractivity contribution in [3.63, 3.8) is 0 Å². The number of rotatable bonds is 7. The third kappa shape index (κ3) is 4.36. The van der Waals surface area contributed by atoms with Crippen LogP contribution in [0.5, 0.6) is 0 Å². The largest absolute Gasteiger partial charge is 0.396 e. The Balaban J connectivity index is 1.67. The lowest BCUT2D eigenvalue weighted by atomic mass is 10.2. The summed E-state index contributed by atoms with van der Waals surface area (Å²) in [4.78, 5) is 14.2. The number of urea groups is 1. The first kappa shape index (κ1) is 17.4. The van der Waals surface area contributed by atoms with Crippen LogP contribution in [0.3, 0.4) is 0 Å². The number of aliphatic hydroxyl groups is 1. The Labute approximate surface area is 146 Å². The van der Waals surface area contributed by atoms with Crippen molar-refractivity contribution in [2.75, 3.05) is 18.5 Å². The number of amides is 2. The quantitative estimate of drug-likeness (QED) is 0.757. The number of benzene rings is 1. The Morgan fingerprint density at radius 1 is 1.44 bits per heavy atom. The average Bonchev–Trinajstić information content (AvgIpc) is 3.32. The molecule has 0 spiro atoms. The molecule has 7 heteroatoms. The Morgan fingerprint density at radius 3 is 2.84 bits per heavy atom. The van der Waals surface area contributed by atoms with E-state index in [0.717, 1.165) is 24.8 Å². The van der Waals surface area contributed by atoms with Crippen LogP contribution in [0.25, 0.3) is 5.69 Å². The number of anilines is 1. The third-order valence-electron chi connectivity index (χ3n) is 4.21. The van der Waals surface area contributed by atoms with Gasteiger partial charge in [-0.25, -0.2) is 13.9 Å². The fourth-order valence-electron chi connectivity index (χ4n) is 2.74. The van der Waals surface area contributed by atoms with E-state index in [9.17, 15) is 9.18 Å². The van der Waals surface area contributed by atoms with Crippen molar-refractivity contribution >= 4 is 11.7 Å². The lowest BCUT2D eigenvalue weighted by Gasteiger charge is -2.23. The summed E-state index contributed by atoms with van der Waals surface area (Å²) in [5.41, 5.74) is 1.70. The van der Waals surface area contributed by atoms with Crippen molar-refractivity contribution in [3.8, 4) is 5.69 Å². The summed E-state index contributed by atoms with van der Waals surface area (Å²) in [5, 5.41) is 15.8. The maximum absolute atomic E-state index is 14.4. The number of nitrogens with zero attached hydrogens (tertiary/aromatic N) is 3. The second kappa shape index (κ2) is 7.65. The number of nitrogens with one attached hydrogen (secondary N) is 1. The van der Waals surface area contributed by atoms with E-state index in [1.807, 2.05) is 6.92 Å². The van der Waals surface area contributed by atoms with E-state index in [1.165, 1.54) is 10.7 Å². The minimum absolute atomic E-state index is 0.125. The summed E-state index contributed by atoms with van der Waals surface area (Å²) in [5.74, 6) is -0.445. The number of aryl methyl sites for hydroxylation is 1. The van der Waals surface area contributed by atoms with E-state index in [2.05, 4.69) is 10.4 Å². The summed E-state index contributed by atoms with van der Waals surface area (Å²) >= 11 is 0. The zero-order valence-corrected chi connectivity index (χ0v) is 14.3. The molecule has 0 radical (unpaired) electrons. The van der Waals surface area contributed by atoms with Crippen LogP contribution in [0, 0.1) is 12.7 Å². The predicted octanol–water partition coefficient (Wildman–Crippen LogP) is 3.09. The summed E-state index contributed by atoms with van der Waals surface area (Å²) in [6.45, 7) is 2.61. The van der Waals surface area contributed by atoms with Crippen LogP contribution in [0.4, 0.5) is 14.9 Å². The fraction of sp³-hybridized carbons (Fsp3) is 0.444. The van der Waals surface area contributed by atoms with E-state index in [1.54, 1.807) is 29.4 Å². The normalized spacial score (nSPS) is 13.7. The van der Waals surface area contributed by atoms with Gasteiger partial charge in [-0.15, -0.1) is 0 Å². The number of aliphatic hydroxyl groups excluding tert-OH is 1. The maximum Gasteiger partial charge on any atom is 0.322 e. The Kier molecular flexibility index (Phi) is 5.33. The Hall–Kier alpha value is -2.41. The van der Waals surface area contributed by atoms with Gasteiger partial charge in [0.1, 0.15) is 5.69 Å². The molecule has 25 heavy (non-hydrogen) atoms. The third-order valence-corrected chi connectivity index (χ3v) is 4.21. The van der Waals surface area contributed by atoms with Gasteiger partial charge in [-0.1, -0.05) is 0 Å². The van der Waals surface area contributed by atoms with E-state index in [0.29, 0.717) is 24.3 Å². The highest BCUT2D eigenvalue weighted by molar-refractivity contribution is 5.89. The van der Waals surface area contributed by atoms with Crippen LogP contribution in [0.1, 0.15) is 31.2 Å². The van der Waals surface area contributed by atoms with Gasteiger partial charge in [-0.05, 0) is 56.4 Å². The summed E-state index contributed by atoms with van der Waals surface area (Å²) < 4.78 is 15.8. The van der Waals surface area contributed by atoms with Gasteiger partial charge in [-0.3, -0.25) is 0 Å². The van der Waals surface area contributed by atoms with E-state index in [-0.39, 0.29) is 18.7 Å². The summed E-state index contributed by atoms with van der Waals surface area (Å²) in [6, 6.07) is 4.62. The van der Waals surface area contributed by atoms with Crippen molar-refractivity contribution in [1.29, 1.82) is 0 Å². The van der Waals surface area contributed by atoms with Gasteiger partial charge in [0, 0.05) is 31.1 Å². The first-order chi connectivity index (χ1) is 12.1. The summed E-state index contributed by atoms with van der Waals surface area (Å²) in [6.07, 6.45) is 6.83. The van der Waals surface area contributed by atoms with Crippen LogP contribution >= 0.6 is 0 Å². The standard InChI is InChI=1S/C18H23FN4O2/c1-13-11-20-23(12-13)17-7-4-14(10-16(17)19)21-18(25)22(15-5-6-15)8-2-3-9-24/h4,7,10-12,15,24H,2-3,5-6,8-9H2,1H3,(H,21,25). The van der Waals surface area contributed by atoms with Gasteiger partial charge < -0.3 is 15.3 Å². The molecule has 2 N–H and O–H groups in total. The Morgan fingerprint density at radius 2 is 2.24 bits per heavy atom. The minimum atomic E-state index is -0.445. The van der Waals surface area contributed by atoms with Crippen molar-refractivity contribution in [2.45, 2.75) is 38.6 Å². The minimum Gasteiger partial charge on any atom is -0.396 e. The fourth-order valence-corrected chi connectivity index (χ4v) is 2.74. The number of hydrogen-bond acceptors (Lipinski definition) is 3. The van der Waals surface area contributed by atoms with Crippen LogP contribution in [-0.2, 0) is 0 Å². The van der Waals surface area contributed by atoms with Crippen molar-refractivity contribution < 1.29 is 14.3 Å². The first-order valence-electron chi connectivity index (χ1n) is 8.58. The molecule has 1 heterocycles. The van der Waals surface area contributed by atoms with Crippen LogP contribution in [0.2, 0.25) is 0 Å². The molecule has 1 aromatic heterocycles. The smallest absolute Gasteiger partial charge is 0.322 e. The monoisotopic (exact) mass is 346 g/mol. The van der Waals surface area contributed by atoms with Gasteiger partial charge >= 0.3 is 6.03 Å². The predicted molar refractivity (Wildman–Crippen MR) is 93.3 cm³/mol. The highest BCUT2D eigenvalue weighted by Gasteiger charge is 2.32. The lowest BCUT2D eigenvalue weighted by Crippen LogP contribution is -2.37.